The van der Waals surface area contributed by atoms with E-state index < -0.39 is 6.09 Å². The van der Waals surface area contributed by atoms with E-state index in [1.807, 2.05) is 12.1 Å². The van der Waals surface area contributed by atoms with Gasteiger partial charge in [0.25, 0.3) is 0 Å². The molecule has 1 fully saturated rings. The van der Waals surface area contributed by atoms with Crippen LogP contribution in [0, 0.1) is 0 Å². The minimum atomic E-state index is -0.804. The van der Waals surface area contributed by atoms with Crippen molar-refractivity contribution in [2.75, 3.05) is 13.1 Å². The maximum absolute atomic E-state index is 10.9. The normalized spacial score (nSPS) is 20.8. The molecule has 0 spiro atoms. The number of rotatable bonds is 1. The first-order valence-electron chi connectivity index (χ1n) is 5.40. The number of hydrogen-bond donors (Lipinski definition) is 1. The molecule has 16 heavy (non-hydrogen) atoms. The van der Waals surface area contributed by atoms with Crippen molar-refractivity contribution in [2.24, 2.45) is 0 Å². The smallest absolute Gasteiger partial charge is 0.407 e. The first-order chi connectivity index (χ1) is 7.66. The van der Waals surface area contributed by atoms with E-state index in [1.165, 1.54) is 10.5 Å². The van der Waals surface area contributed by atoms with Crippen LogP contribution >= 0.6 is 15.9 Å². The highest BCUT2D eigenvalue weighted by Crippen LogP contribution is 2.27. The summed E-state index contributed by atoms with van der Waals surface area (Å²) < 4.78 is 1.06. The first kappa shape index (κ1) is 11.5. The van der Waals surface area contributed by atoms with Gasteiger partial charge in [0.05, 0.1) is 0 Å². The average Bonchev–Trinajstić information content (AvgIpc) is 2.30. The number of nitrogens with zero attached hydrogens (tertiary/aromatic N) is 1. The van der Waals surface area contributed by atoms with Crippen LogP contribution in [-0.2, 0) is 0 Å². The van der Waals surface area contributed by atoms with Gasteiger partial charge >= 0.3 is 6.09 Å². The number of halogens is 1. The Hall–Kier alpha value is -1.03. The molecule has 0 aromatic heterocycles. The zero-order valence-corrected chi connectivity index (χ0v) is 10.5. The van der Waals surface area contributed by atoms with Crippen molar-refractivity contribution in [3.63, 3.8) is 0 Å². The summed E-state index contributed by atoms with van der Waals surface area (Å²) in [6.07, 6.45) is 1.22. The van der Waals surface area contributed by atoms with E-state index in [4.69, 9.17) is 5.11 Å². The van der Waals surface area contributed by atoms with E-state index in [-0.39, 0.29) is 0 Å². The Morgan fingerprint density at radius 3 is 2.69 bits per heavy atom. The molecule has 0 bridgehead atoms. The lowest BCUT2D eigenvalue weighted by molar-refractivity contribution is 0.130. The molecule has 1 saturated heterocycles. The van der Waals surface area contributed by atoms with Gasteiger partial charge in [-0.3, -0.25) is 0 Å². The molecule has 3 nitrogen and oxygen atoms in total. The monoisotopic (exact) mass is 283 g/mol. The van der Waals surface area contributed by atoms with Crippen LogP contribution in [0.2, 0.25) is 0 Å². The Balaban J connectivity index is 2.09. The number of piperidine rings is 1. The number of amides is 1. The predicted octanol–water partition coefficient (Wildman–Crippen LogP) is 3.31. The van der Waals surface area contributed by atoms with Crippen molar-refractivity contribution in [3.05, 3.63) is 34.3 Å². The third-order valence-corrected chi connectivity index (χ3v) is 3.56. The number of carbonyl (C=O) groups is 1. The van der Waals surface area contributed by atoms with Crippen LogP contribution in [0.1, 0.15) is 24.3 Å². The van der Waals surface area contributed by atoms with E-state index in [2.05, 4.69) is 28.1 Å². The number of hydrogen-bond acceptors (Lipinski definition) is 1. The number of carboxylic acid groups (broad SMARTS) is 1. The van der Waals surface area contributed by atoms with Crippen molar-refractivity contribution in [1.82, 2.24) is 4.90 Å². The standard InChI is InChI=1S/C12H14BrNO2/c13-11-5-3-9(4-6-11)10-2-1-7-14(8-10)12(15)16/h3-6,10H,1-2,7-8H2,(H,15,16)/t10-/m1/s1. The molecule has 1 aliphatic heterocycles. The van der Waals surface area contributed by atoms with Crippen LogP contribution in [0.5, 0.6) is 0 Å². The molecular weight excluding hydrogens is 270 g/mol. The summed E-state index contributed by atoms with van der Waals surface area (Å²) >= 11 is 3.40. The highest BCUT2D eigenvalue weighted by Gasteiger charge is 2.23. The Kier molecular flexibility index (Phi) is 3.49. The maximum atomic E-state index is 10.9. The van der Waals surface area contributed by atoms with Gasteiger partial charge < -0.3 is 10.0 Å². The van der Waals surface area contributed by atoms with Gasteiger partial charge in [-0.15, -0.1) is 0 Å². The van der Waals surface area contributed by atoms with Gasteiger partial charge in [0.2, 0.25) is 0 Å². The molecule has 0 unspecified atom stereocenters. The minimum absolute atomic E-state index is 0.345. The summed E-state index contributed by atoms with van der Waals surface area (Å²) in [5, 5.41) is 8.97. The van der Waals surface area contributed by atoms with Crippen molar-refractivity contribution < 1.29 is 9.90 Å². The first-order valence-corrected chi connectivity index (χ1v) is 6.19. The largest absolute Gasteiger partial charge is 0.465 e. The van der Waals surface area contributed by atoms with E-state index in [1.54, 1.807) is 0 Å². The van der Waals surface area contributed by atoms with Crippen molar-refractivity contribution in [2.45, 2.75) is 18.8 Å². The van der Waals surface area contributed by atoms with Gasteiger partial charge in [0.15, 0.2) is 0 Å². The van der Waals surface area contributed by atoms with E-state index in [9.17, 15) is 4.79 Å². The zero-order valence-electron chi connectivity index (χ0n) is 8.90. The maximum Gasteiger partial charge on any atom is 0.407 e. The molecule has 1 heterocycles. The second-order valence-electron chi connectivity index (χ2n) is 4.12. The quantitative estimate of drug-likeness (QED) is 0.859. The van der Waals surface area contributed by atoms with Crippen LogP contribution in [-0.4, -0.2) is 29.2 Å². The van der Waals surface area contributed by atoms with E-state index in [0.29, 0.717) is 19.0 Å². The summed E-state index contributed by atoms with van der Waals surface area (Å²) in [6.45, 7) is 1.29. The van der Waals surface area contributed by atoms with Crippen molar-refractivity contribution in [3.8, 4) is 0 Å². The third-order valence-electron chi connectivity index (χ3n) is 3.03. The Labute approximate surface area is 103 Å². The number of likely N-dealkylation sites (tertiary alicyclic amines) is 1. The van der Waals surface area contributed by atoms with Crippen molar-refractivity contribution in [1.29, 1.82) is 0 Å². The predicted molar refractivity (Wildman–Crippen MR) is 65.7 cm³/mol. The van der Waals surface area contributed by atoms with Crippen molar-refractivity contribution >= 4 is 22.0 Å². The second kappa shape index (κ2) is 4.87. The fraction of sp³-hybridized carbons (Fsp3) is 0.417. The lowest BCUT2D eigenvalue weighted by Crippen LogP contribution is -2.38. The molecule has 1 N–H and O–H groups in total. The molecular formula is C12H14BrNO2. The third kappa shape index (κ3) is 2.55. The van der Waals surface area contributed by atoms with Gasteiger partial charge in [-0.1, -0.05) is 28.1 Å². The van der Waals surface area contributed by atoms with Gasteiger partial charge in [0, 0.05) is 23.5 Å². The molecule has 1 aromatic rings. The van der Waals surface area contributed by atoms with Crippen LogP contribution in [0.4, 0.5) is 4.79 Å². The average molecular weight is 284 g/mol. The van der Waals surface area contributed by atoms with Crippen LogP contribution < -0.4 is 0 Å². The summed E-state index contributed by atoms with van der Waals surface area (Å²) in [5.74, 6) is 0.345. The summed E-state index contributed by atoms with van der Waals surface area (Å²) in [7, 11) is 0. The Morgan fingerprint density at radius 1 is 1.38 bits per heavy atom. The second-order valence-corrected chi connectivity index (χ2v) is 5.03. The molecule has 0 radical (unpaired) electrons. The molecule has 1 aromatic carbocycles. The zero-order chi connectivity index (χ0) is 11.5. The lowest BCUT2D eigenvalue weighted by atomic mass is 9.91. The molecule has 1 aliphatic rings. The SMILES string of the molecule is O=C(O)N1CCC[C@@H](c2ccc(Br)cc2)C1. The summed E-state index contributed by atoms with van der Waals surface area (Å²) in [6, 6.07) is 8.16. The Morgan fingerprint density at radius 2 is 2.06 bits per heavy atom. The van der Waals surface area contributed by atoms with E-state index in [0.717, 1.165) is 17.3 Å². The van der Waals surface area contributed by atoms with Crippen LogP contribution in [0.3, 0.4) is 0 Å². The number of benzene rings is 1. The van der Waals surface area contributed by atoms with Gasteiger partial charge in [-0.05, 0) is 30.5 Å². The molecule has 0 aliphatic carbocycles. The van der Waals surface area contributed by atoms with Crippen LogP contribution in [0.15, 0.2) is 28.7 Å². The molecule has 2 rings (SSSR count). The lowest BCUT2D eigenvalue weighted by Gasteiger charge is -2.30. The fourth-order valence-electron chi connectivity index (χ4n) is 2.16. The minimum Gasteiger partial charge on any atom is -0.465 e. The highest BCUT2D eigenvalue weighted by molar-refractivity contribution is 9.10. The topological polar surface area (TPSA) is 40.5 Å². The van der Waals surface area contributed by atoms with Gasteiger partial charge in [0.1, 0.15) is 0 Å². The molecule has 0 saturated carbocycles. The molecule has 1 atom stereocenters. The molecule has 86 valence electrons. The molecule has 4 heteroatoms. The van der Waals surface area contributed by atoms with Crippen LogP contribution in [0.25, 0.3) is 0 Å². The van der Waals surface area contributed by atoms with Gasteiger partial charge in [-0.2, -0.15) is 0 Å². The fourth-order valence-corrected chi connectivity index (χ4v) is 2.42. The summed E-state index contributed by atoms with van der Waals surface area (Å²) in [5.41, 5.74) is 1.23. The highest BCUT2D eigenvalue weighted by atomic mass is 79.9. The van der Waals surface area contributed by atoms with E-state index >= 15 is 0 Å². The summed E-state index contributed by atoms with van der Waals surface area (Å²) in [4.78, 5) is 12.4. The van der Waals surface area contributed by atoms with Gasteiger partial charge in [-0.25, -0.2) is 4.79 Å². The molecule has 1 amide bonds. The Bertz CT molecular complexity index is 377.